The van der Waals surface area contributed by atoms with E-state index < -0.39 is 0 Å². The summed E-state index contributed by atoms with van der Waals surface area (Å²) in [6.07, 6.45) is 1.89. The van der Waals surface area contributed by atoms with E-state index in [-0.39, 0.29) is 11.8 Å². The molecular formula is C17H17N5O2. The summed E-state index contributed by atoms with van der Waals surface area (Å²) in [4.78, 5) is 16.2. The molecule has 0 aliphatic heterocycles. The maximum atomic E-state index is 11.9. The first-order valence-electron chi connectivity index (χ1n) is 7.81. The van der Waals surface area contributed by atoms with Gasteiger partial charge in [0.15, 0.2) is 5.65 Å². The Morgan fingerprint density at radius 3 is 2.88 bits per heavy atom. The molecular weight excluding hydrogens is 306 g/mol. The molecule has 24 heavy (non-hydrogen) atoms. The third kappa shape index (κ3) is 2.88. The lowest BCUT2D eigenvalue weighted by molar-refractivity contribution is -0.117. The second kappa shape index (κ2) is 5.84. The number of anilines is 3. The lowest BCUT2D eigenvalue weighted by Gasteiger charge is -2.09. The highest BCUT2D eigenvalue weighted by Crippen LogP contribution is 2.30. The molecule has 7 nitrogen and oxygen atoms in total. The van der Waals surface area contributed by atoms with Crippen molar-refractivity contribution in [3.05, 3.63) is 42.5 Å². The Kier molecular flexibility index (Phi) is 3.53. The van der Waals surface area contributed by atoms with Gasteiger partial charge in [-0.3, -0.25) is 10.1 Å². The van der Waals surface area contributed by atoms with Crippen LogP contribution >= 0.6 is 0 Å². The molecule has 0 radical (unpaired) electrons. The van der Waals surface area contributed by atoms with Crippen LogP contribution in [-0.2, 0) is 4.79 Å². The van der Waals surface area contributed by atoms with Crippen molar-refractivity contribution in [2.24, 2.45) is 5.92 Å². The maximum Gasteiger partial charge on any atom is 0.249 e. The highest BCUT2D eigenvalue weighted by atomic mass is 16.5. The predicted molar refractivity (Wildman–Crippen MR) is 90.6 cm³/mol. The smallest absolute Gasteiger partial charge is 0.249 e. The van der Waals surface area contributed by atoms with E-state index >= 15 is 0 Å². The van der Waals surface area contributed by atoms with Gasteiger partial charge in [0.05, 0.1) is 7.11 Å². The van der Waals surface area contributed by atoms with E-state index in [2.05, 4.69) is 20.7 Å². The number of benzene rings is 1. The molecule has 0 atom stereocenters. The fourth-order valence-corrected chi connectivity index (χ4v) is 2.46. The summed E-state index contributed by atoms with van der Waals surface area (Å²) in [5.41, 5.74) is 1.54. The zero-order chi connectivity index (χ0) is 16.5. The van der Waals surface area contributed by atoms with Gasteiger partial charge in [-0.25, -0.2) is 0 Å². The predicted octanol–water partition coefficient (Wildman–Crippen LogP) is 2.83. The normalized spacial score (nSPS) is 13.7. The van der Waals surface area contributed by atoms with Gasteiger partial charge in [-0.05, 0) is 37.1 Å². The standard InChI is InChI=1S/C17H17N5O2/c1-24-13-5-2-4-12(10-13)18-14-6-3-7-15-19-17(21-22(14)15)20-16(23)11-8-9-11/h2-7,10-11,18H,8-9H2,1H3,(H,20,21,23). The number of methoxy groups -OCH3 is 1. The van der Waals surface area contributed by atoms with Crippen LogP contribution < -0.4 is 15.4 Å². The number of carbonyl (C=O) groups is 1. The maximum absolute atomic E-state index is 11.9. The molecule has 3 aromatic rings. The fraction of sp³-hybridized carbons (Fsp3) is 0.235. The van der Waals surface area contributed by atoms with Gasteiger partial charge in [-0.2, -0.15) is 9.50 Å². The molecule has 1 aliphatic rings. The lowest BCUT2D eigenvalue weighted by atomic mass is 10.3. The highest BCUT2D eigenvalue weighted by molar-refractivity contribution is 5.92. The molecule has 2 heterocycles. The van der Waals surface area contributed by atoms with E-state index in [1.54, 1.807) is 11.6 Å². The molecule has 0 saturated heterocycles. The van der Waals surface area contributed by atoms with Gasteiger partial charge in [-0.1, -0.05) is 12.1 Å². The van der Waals surface area contributed by atoms with Gasteiger partial charge in [0.25, 0.3) is 0 Å². The van der Waals surface area contributed by atoms with E-state index in [1.807, 2.05) is 42.5 Å². The number of amides is 1. The highest BCUT2D eigenvalue weighted by Gasteiger charge is 2.30. The minimum absolute atomic E-state index is 0.00629. The number of carbonyl (C=O) groups excluding carboxylic acids is 1. The van der Waals surface area contributed by atoms with Crippen LogP contribution in [0.4, 0.5) is 17.5 Å². The van der Waals surface area contributed by atoms with Gasteiger partial charge in [0, 0.05) is 17.7 Å². The van der Waals surface area contributed by atoms with E-state index in [9.17, 15) is 4.79 Å². The lowest BCUT2D eigenvalue weighted by Crippen LogP contribution is -2.14. The Morgan fingerprint density at radius 2 is 2.08 bits per heavy atom. The van der Waals surface area contributed by atoms with Gasteiger partial charge < -0.3 is 10.1 Å². The van der Waals surface area contributed by atoms with Crippen molar-refractivity contribution in [3.8, 4) is 5.75 Å². The summed E-state index contributed by atoms with van der Waals surface area (Å²) in [6, 6.07) is 13.2. The van der Waals surface area contributed by atoms with Crippen LogP contribution in [0, 0.1) is 5.92 Å². The minimum atomic E-state index is -0.00629. The van der Waals surface area contributed by atoms with E-state index in [1.165, 1.54) is 0 Å². The first-order chi connectivity index (χ1) is 11.7. The van der Waals surface area contributed by atoms with Crippen molar-refractivity contribution >= 4 is 29.0 Å². The van der Waals surface area contributed by atoms with E-state index in [4.69, 9.17) is 4.74 Å². The Balaban J connectivity index is 1.62. The molecule has 1 amide bonds. The van der Waals surface area contributed by atoms with Crippen LogP contribution in [-0.4, -0.2) is 27.6 Å². The average Bonchev–Trinajstić information content (AvgIpc) is 3.36. The van der Waals surface area contributed by atoms with Crippen molar-refractivity contribution in [2.45, 2.75) is 12.8 Å². The third-order valence-corrected chi connectivity index (χ3v) is 3.89. The number of aromatic nitrogens is 3. The molecule has 1 aliphatic carbocycles. The molecule has 0 bridgehead atoms. The Hall–Kier alpha value is -3.09. The van der Waals surface area contributed by atoms with Crippen LogP contribution in [0.15, 0.2) is 42.5 Å². The zero-order valence-corrected chi connectivity index (χ0v) is 13.2. The van der Waals surface area contributed by atoms with Gasteiger partial charge in [0.2, 0.25) is 11.9 Å². The van der Waals surface area contributed by atoms with Gasteiger partial charge >= 0.3 is 0 Å². The third-order valence-electron chi connectivity index (χ3n) is 3.89. The van der Waals surface area contributed by atoms with Crippen molar-refractivity contribution in [1.82, 2.24) is 14.6 Å². The molecule has 7 heteroatoms. The topological polar surface area (TPSA) is 80.5 Å². The Labute approximate surface area is 138 Å². The average molecular weight is 323 g/mol. The summed E-state index contributed by atoms with van der Waals surface area (Å²) in [5.74, 6) is 1.95. The number of hydrogen-bond donors (Lipinski definition) is 2. The molecule has 2 N–H and O–H groups in total. The number of nitrogens with one attached hydrogen (secondary N) is 2. The molecule has 0 unspecified atom stereocenters. The van der Waals surface area contributed by atoms with Crippen LogP contribution in [0.2, 0.25) is 0 Å². The number of hydrogen-bond acceptors (Lipinski definition) is 5. The number of nitrogens with zero attached hydrogens (tertiary/aromatic N) is 3. The SMILES string of the molecule is COc1cccc(Nc2cccc3nc(NC(=O)C4CC4)nn23)c1. The van der Waals surface area contributed by atoms with Crippen molar-refractivity contribution in [3.63, 3.8) is 0 Å². The summed E-state index contributed by atoms with van der Waals surface area (Å²) < 4.78 is 6.90. The van der Waals surface area contributed by atoms with Crippen LogP contribution in [0.5, 0.6) is 5.75 Å². The van der Waals surface area contributed by atoms with Crippen molar-refractivity contribution in [1.29, 1.82) is 0 Å². The second-order valence-corrected chi connectivity index (χ2v) is 5.74. The molecule has 1 aromatic carbocycles. The number of ether oxygens (including phenoxy) is 1. The molecule has 1 saturated carbocycles. The summed E-state index contributed by atoms with van der Waals surface area (Å²) in [6.45, 7) is 0. The summed E-state index contributed by atoms with van der Waals surface area (Å²) in [5, 5.41) is 10.4. The quantitative estimate of drug-likeness (QED) is 0.754. The van der Waals surface area contributed by atoms with E-state index in [0.717, 1.165) is 30.1 Å². The van der Waals surface area contributed by atoms with Crippen LogP contribution in [0.1, 0.15) is 12.8 Å². The number of fused-ring (bicyclic) bond motifs is 1. The van der Waals surface area contributed by atoms with Gasteiger partial charge in [-0.15, -0.1) is 5.10 Å². The van der Waals surface area contributed by atoms with E-state index in [0.29, 0.717) is 11.6 Å². The fourth-order valence-electron chi connectivity index (χ4n) is 2.46. The summed E-state index contributed by atoms with van der Waals surface area (Å²) >= 11 is 0. The Bertz CT molecular complexity index is 901. The minimum Gasteiger partial charge on any atom is -0.497 e. The molecule has 122 valence electrons. The first-order valence-corrected chi connectivity index (χ1v) is 7.81. The van der Waals surface area contributed by atoms with Crippen molar-refractivity contribution < 1.29 is 9.53 Å². The van der Waals surface area contributed by atoms with Crippen molar-refractivity contribution in [2.75, 3.05) is 17.7 Å². The van der Waals surface area contributed by atoms with Gasteiger partial charge in [0.1, 0.15) is 11.6 Å². The molecule has 1 fully saturated rings. The second-order valence-electron chi connectivity index (χ2n) is 5.74. The molecule has 2 aromatic heterocycles. The number of pyridine rings is 1. The number of rotatable bonds is 5. The Morgan fingerprint density at radius 1 is 1.25 bits per heavy atom. The zero-order valence-electron chi connectivity index (χ0n) is 13.2. The van der Waals surface area contributed by atoms with Crippen LogP contribution in [0.25, 0.3) is 5.65 Å². The molecule has 4 rings (SSSR count). The first kappa shape index (κ1) is 14.5. The largest absolute Gasteiger partial charge is 0.497 e. The summed E-state index contributed by atoms with van der Waals surface area (Å²) in [7, 11) is 1.63. The van der Waals surface area contributed by atoms with Crippen LogP contribution in [0.3, 0.4) is 0 Å². The monoisotopic (exact) mass is 323 g/mol. The molecule has 0 spiro atoms.